The average Bonchev–Trinajstić information content (AvgIpc) is 2.96. The summed E-state index contributed by atoms with van der Waals surface area (Å²) in [7, 11) is -2.70. The number of aryl methyl sites for hydroxylation is 2. The molecular formula is C32H40BrN3O5S. The Morgan fingerprint density at radius 2 is 1.64 bits per heavy atom. The van der Waals surface area contributed by atoms with E-state index < -0.39 is 28.5 Å². The molecule has 3 aromatic rings. The summed E-state index contributed by atoms with van der Waals surface area (Å²) in [6.45, 7) is 9.26. The number of hydrogen-bond donors (Lipinski definition) is 1. The molecule has 0 saturated carbocycles. The molecule has 0 radical (unpaired) electrons. The van der Waals surface area contributed by atoms with Crippen LogP contribution in [0.15, 0.2) is 76.1 Å². The van der Waals surface area contributed by atoms with E-state index in [0.717, 1.165) is 27.4 Å². The standard InChI is InChI=1S/C32H40BrN3O5S/c1-7-24(5)34-32(38)29(8-2)35(20-25-11-9-10-23(4)18-25)31(37)21-36(26-14-12-22(3)13-15-26)42(39,40)27-16-17-30(41-6)28(33)19-27/h9-19,24,29H,7-8,20-21H2,1-6H3,(H,34,38)/t24-,29-/m0/s1. The van der Waals surface area contributed by atoms with Gasteiger partial charge in [-0.15, -0.1) is 0 Å². The van der Waals surface area contributed by atoms with Crippen molar-refractivity contribution in [2.45, 2.75) is 71.0 Å². The van der Waals surface area contributed by atoms with E-state index in [1.807, 2.05) is 58.9 Å². The van der Waals surface area contributed by atoms with Crippen molar-refractivity contribution in [3.63, 3.8) is 0 Å². The molecule has 3 rings (SSSR count). The summed E-state index contributed by atoms with van der Waals surface area (Å²) in [5.41, 5.74) is 3.16. The minimum absolute atomic E-state index is 0.00432. The van der Waals surface area contributed by atoms with Gasteiger partial charge < -0.3 is 15.0 Å². The van der Waals surface area contributed by atoms with Gasteiger partial charge in [-0.1, -0.05) is 61.4 Å². The Hall–Kier alpha value is -3.37. The van der Waals surface area contributed by atoms with Crippen LogP contribution in [0.3, 0.4) is 0 Å². The number of nitrogens with one attached hydrogen (secondary N) is 1. The third-order valence-corrected chi connectivity index (χ3v) is 9.52. The van der Waals surface area contributed by atoms with Crippen LogP contribution < -0.4 is 14.4 Å². The number of benzene rings is 3. The van der Waals surface area contributed by atoms with E-state index in [2.05, 4.69) is 21.2 Å². The van der Waals surface area contributed by atoms with Gasteiger partial charge in [0.1, 0.15) is 18.3 Å². The van der Waals surface area contributed by atoms with Crippen LogP contribution in [0, 0.1) is 13.8 Å². The predicted octanol–water partition coefficient (Wildman–Crippen LogP) is 5.99. The quantitative estimate of drug-likeness (QED) is 0.244. The first-order chi connectivity index (χ1) is 19.9. The van der Waals surface area contributed by atoms with Crippen LogP contribution in [-0.2, 0) is 26.2 Å². The zero-order valence-electron chi connectivity index (χ0n) is 25.1. The Labute approximate surface area is 258 Å². The second-order valence-corrected chi connectivity index (χ2v) is 13.1. The minimum atomic E-state index is -4.20. The highest BCUT2D eigenvalue weighted by molar-refractivity contribution is 9.10. The molecule has 2 atom stereocenters. The summed E-state index contributed by atoms with van der Waals surface area (Å²) in [6.07, 6.45) is 1.10. The van der Waals surface area contributed by atoms with Gasteiger partial charge in [0.05, 0.1) is 22.2 Å². The van der Waals surface area contributed by atoms with Crippen molar-refractivity contribution >= 4 is 43.5 Å². The molecule has 0 aliphatic heterocycles. The van der Waals surface area contributed by atoms with Gasteiger partial charge in [0.15, 0.2) is 0 Å². The monoisotopic (exact) mass is 657 g/mol. The summed E-state index contributed by atoms with van der Waals surface area (Å²) in [5.74, 6) is -0.273. The van der Waals surface area contributed by atoms with E-state index in [1.54, 1.807) is 30.3 Å². The van der Waals surface area contributed by atoms with Crippen LogP contribution in [-0.4, -0.2) is 50.9 Å². The topological polar surface area (TPSA) is 96.0 Å². The molecule has 0 fully saturated rings. The smallest absolute Gasteiger partial charge is 0.264 e. The van der Waals surface area contributed by atoms with Gasteiger partial charge in [0, 0.05) is 12.6 Å². The summed E-state index contributed by atoms with van der Waals surface area (Å²) in [5, 5.41) is 3.00. The molecule has 0 saturated heterocycles. The van der Waals surface area contributed by atoms with E-state index in [1.165, 1.54) is 24.1 Å². The van der Waals surface area contributed by atoms with E-state index in [0.29, 0.717) is 22.3 Å². The number of carbonyl (C=O) groups excluding carboxylic acids is 2. The molecule has 0 aliphatic carbocycles. The van der Waals surface area contributed by atoms with Gasteiger partial charge in [-0.25, -0.2) is 8.42 Å². The molecule has 42 heavy (non-hydrogen) atoms. The highest BCUT2D eigenvalue weighted by atomic mass is 79.9. The number of hydrogen-bond acceptors (Lipinski definition) is 5. The molecule has 0 bridgehead atoms. The fourth-order valence-corrected chi connectivity index (χ4v) is 6.68. The third kappa shape index (κ3) is 8.13. The molecule has 0 unspecified atom stereocenters. The molecule has 2 amide bonds. The number of amides is 2. The van der Waals surface area contributed by atoms with E-state index >= 15 is 0 Å². The lowest BCUT2D eigenvalue weighted by molar-refractivity contribution is -0.140. The molecule has 226 valence electrons. The molecule has 10 heteroatoms. The lowest BCUT2D eigenvalue weighted by atomic mass is 10.1. The van der Waals surface area contributed by atoms with Crippen LogP contribution in [0.25, 0.3) is 0 Å². The first-order valence-electron chi connectivity index (χ1n) is 14.0. The number of sulfonamides is 1. The van der Waals surface area contributed by atoms with Gasteiger partial charge in [-0.2, -0.15) is 0 Å². The molecular weight excluding hydrogens is 618 g/mol. The van der Waals surface area contributed by atoms with Gasteiger partial charge >= 0.3 is 0 Å². The Kier molecular flexibility index (Phi) is 11.6. The summed E-state index contributed by atoms with van der Waals surface area (Å²) in [4.78, 5) is 29.1. The van der Waals surface area contributed by atoms with Crippen LogP contribution >= 0.6 is 15.9 Å². The van der Waals surface area contributed by atoms with Gasteiger partial charge in [-0.3, -0.25) is 13.9 Å². The molecule has 3 aromatic carbocycles. The minimum Gasteiger partial charge on any atom is -0.496 e. The van der Waals surface area contributed by atoms with Gasteiger partial charge in [0.25, 0.3) is 10.0 Å². The van der Waals surface area contributed by atoms with Crippen LogP contribution in [0.5, 0.6) is 5.75 Å². The number of nitrogens with zero attached hydrogens (tertiary/aromatic N) is 2. The lowest BCUT2D eigenvalue weighted by Gasteiger charge is -2.34. The van der Waals surface area contributed by atoms with Crippen molar-refractivity contribution in [2.24, 2.45) is 0 Å². The van der Waals surface area contributed by atoms with Crippen LogP contribution in [0.4, 0.5) is 5.69 Å². The Morgan fingerprint density at radius 3 is 2.21 bits per heavy atom. The summed E-state index contributed by atoms with van der Waals surface area (Å²) in [6, 6.07) is 18.3. The average molecular weight is 659 g/mol. The van der Waals surface area contributed by atoms with Crippen LogP contribution in [0.2, 0.25) is 0 Å². The SMILES string of the molecule is CC[C@H](C)NC(=O)[C@H](CC)N(Cc1cccc(C)c1)C(=O)CN(c1ccc(C)cc1)S(=O)(=O)c1ccc(OC)c(Br)c1. The van der Waals surface area contributed by atoms with E-state index in [9.17, 15) is 18.0 Å². The summed E-state index contributed by atoms with van der Waals surface area (Å²) < 4.78 is 35.0. The van der Waals surface area contributed by atoms with E-state index in [-0.39, 0.29) is 23.4 Å². The highest BCUT2D eigenvalue weighted by Gasteiger charge is 2.34. The maximum Gasteiger partial charge on any atom is 0.264 e. The normalized spacial score (nSPS) is 12.7. The molecule has 0 aliphatic rings. The Balaban J connectivity index is 2.08. The molecule has 1 N–H and O–H groups in total. The maximum absolute atomic E-state index is 14.2. The Morgan fingerprint density at radius 1 is 0.952 bits per heavy atom. The Bertz CT molecular complexity index is 1490. The zero-order chi connectivity index (χ0) is 31.0. The lowest BCUT2D eigenvalue weighted by Crippen LogP contribution is -2.53. The molecule has 8 nitrogen and oxygen atoms in total. The second kappa shape index (κ2) is 14.7. The number of ether oxygens (including phenoxy) is 1. The fourth-order valence-electron chi connectivity index (χ4n) is 4.54. The maximum atomic E-state index is 14.2. The number of rotatable bonds is 13. The highest BCUT2D eigenvalue weighted by Crippen LogP contribution is 2.31. The van der Waals surface area contributed by atoms with Gasteiger partial charge in [-0.05, 0) is 85.4 Å². The van der Waals surface area contributed by atoms with Crippen LogP contribution in [0.1, 0.15) is 50.3 Å². The van der Waals surface area contributed by atoms with Crippen molar-refractivity contribution in [1.29, 1.82) is 0 Å². The number of halogens is 1. The molecule has 0 aromatic heterocycles. The first-order valence-corrected chi connectivity index (χ1v) is 16.2. The van der Waals surface area contributed by atoms with Crippen molar-refractivity contribution in [3.8, 4) is 5.75 Å². The van der Waals surface area contributed by atoms with Crippen molar-refractivity contribution < 1.29 is 22.7 Å². The van der Waals surface area contributed by atoms with Gasteiger partial charge in [0.2, 0.25) is 11.8 Å². The third-order valence-electron chi connectivity index (χ3n) is 7.13. The number of methoxy groups -OCH3 is 1. The summed E-state index contributed by atoms with van der Waals surface area (Å²) >= 11 is 3.37. The van der Waals surface area contributed by atoms with Crippen molar-refractivity contribution in [2.75, 3.05) is 18.0 Å². The predicted molar refractivity (Wildman–Crippen MR) is 170 cm³/mol. The number of anilines is 1. The molecule has 0 heterocycles. The second-order valence-electron chi connectivity index (χ2n) is 10.4. The number of carbonyl (C=O) groups is 2. The zero-order valence-corrected chi connectivity index (χ0v) is 27.5. The molecule has 0 spiro atoms. The first kappa shape index (κ1) is 33.1. The van der Waals surface area contributed by atoms with Crippen molar-refractivity contribution in [1.82, 2.24) is 10.2 Å². The van der Waals surface area contributed by atoms with E-state index in [4.69, 9.17) is 4.74 Å². The van der Waals surface area contributed by atoms with Crippen molar-refractivity contribution in [3.05, 3.63) is 87.9 Å². The largest absolute Gasteiger partial charge is 0.496 e. The fraction of sp³-hybridized carbons (Fsp3) is 0.375.